The Labute approximate surface area is 117 Å². The lowest BCUT2D eigenvalue weighted by Crippen LogP contribution is -2.35. The third-order valence-electron chi connectivity index (χ3n) is 3.32. The summed E-state index contributed by atoms with van der Waals surface area (Å²) in [4.78, 5) is 2.44. The van der Waals surface area contributed by atoms with E-state index in [0.29, 0.717) is 0 Å². The van der Waals surface area contributed by atoms with E-state index in [1.165, 1.54) is 16.9 Å². The van der Waals surface area contributed by atoms with Gasteiger partial charge in [-0.15, -0.1) is 0 Å². The summed E-state index contributed by atoms with van der Waals surface area (Å²) in [7, 11) is 0. The molecule has 0 bridgehead atoms. The van der Waals surface area contributed by atoms with Crippen LogP contribution in [0, 0.1) is 0 Å². The summed E-state index contributed by atoms with van der Waals surface area (Å²) in [5, 5.41) is 7.72. The van der Waals surface area contributed by atoms with Gasteiger partial charge in [0.05, 0.1) is 13.2 Å². The van der Waals surface area contributed by atoms with Crippen molar-refractivity contribution in [2.45, 2.75) is 6.54 Å². The molecule has 0 spiro atoms. The molecule has 1 N–H and O–H groups in total. The average molecular weight is 274 g/mol. The first-order chi connectivity index (χ1) is 9.42. The van der Waals surface area contributed by atoms with E-state index in [4.69, 9.17) is 4.74 Å². The van der Waals surface area contributed by atoms with Gasteiger partial charge in [0.25, 0.3) is 0 Å². The van der Waals surface area contributed by atoms with Gasteiger partial charge in [-0.05, 0) is 23.1 Å². The molecule has 0 atom stereocenters. The molecular weight excluding hydrogens is 256 g/mol. The number of rotatable bonds is 4. The highest BCUT2D eigenvalue weighted by Crippen LogP contribution is 2.23. The van der Waals surface area contributed by atoms with E-state index in [1.807, 2.05) is 0 Å². The van der Waals surface area contributed by atoms with Crippen molar-refractivity contribution in [1.29, 1.82) is 0 Å². The van der Waals surface area contributed by atoms with Gasteiger partial charge < -0.3 is 10.1 Å². The van der Waals surface area contributed by atoms with E-state index in [0.717, 1.165) is 32.8 Å². The monoisotopic (exact) mass is 274 g/mol. The summed E-state index contributed by atoms with van der Waals surface area (Å²) < 4.78 is 5.40. The standard InChI is InChI=1S/C15H18N2OS/c1-2-4-15(16-14-5-10-19-12-14)13(3-1)11-17-6-8-18-9-7-17/h1-5,10,12,16H,6-9,11H2. The Kier molecular flexibility index (Phi) is 4.13. The number of hydrogen-bond donors (Lipinski definition) is 1. The van der Waals surface area contributed by atoms with Crippen LogP contribution in [0.3, 0.4) is 0 Å². The number of ether oxygens (including phenoxy) is 1. The first-order valence-corrected chi connectivity index (χ1v) is 7.53. The Morgan fingerprint density at radius 2 is 2.00 bits per heavy atom. The Morgan fingerprint density at radius 3 is 2.79 bits per heavy atom. The molecule has 0 saturated carbocycles. The Morgan fingerprint density at radius 1 is 1.16 bits per heavy atom. The van der Waals surface area contributed by atoms with Crippen LogP contribution in [0.2, 0.25) is 0 Å². The summed E-state index contributed by atoms with van der Waals surface area (Å²) in [5.74, 6) is 0. The van der Waals surface area contributed by atoms with E-state index < -0.39 is 0 Å². The third kappa shape index (κ3) is 3.35. The van der Waals surface area contributed by atoms with Crippen LogP contribution in [0.15, 0.2) is 41.1 Å². The van der Waals surface area contributed by atoms with Crippen LogP contribution in [0.5, 0.6) is 0 Å². The molecule has 1 saturated heterocycles. The normalized spacial score (nSPS) is 16.4. The van der Waals surface area contributed by atoms with Crippen LogP contribution in [-0.2, 0) is 11.3 Å². The molecule has 2 heterocycles. The minimum atomic E-state index is 0.847. The van der Waals surface area contributed by atoms with Crippen molar-refractivity contribution in [3.05, 3.63) is 46.7 Å². The maximum Gasteiger partial charge on any atom is 0.0594 e. The van der Waals surface area contributed by atoms with E-state index in [-0.39, 0.29) is 0 Å². The maximum atomic E-state index is 5.40. The molecule has 2 aromatic rings. The van der Waals surface area contributed by atoms with E-state index in [1.54, 1.807) is 11.3 Å². The highest BCUT2D eigenvalue weighted by Gasteiger charge is 2.12. The zero-order chi connectivity index (χ0) is 12.9. The molecule has 1 aromatic carbocycles. The lowest BCUT2D eigenvalue weighted by molar-refractivity contribution is 0.0343. The zero-order valence-corrected chi connectivity index (χ0v) is 11.7. The van der Waals surface area contributed by atoms with Crippen molar-refractivity contribution in [2.75, 3.05) is 31.6 Å². The molecule has 0 amide bonds. The van der Waals surface area contributed by atoms with Crippen molar-refractivity contribution >= 4 is 22.7 Å². The molecule has 0 radical (unpaired) electrons. The van der Waals surface area contributed by atoms with Crippen molar-refractivity contribution in [3.8, 4) is 0 Å². The SMILES string of the molecule is c1ccc(Nc2ccsc2)c(CN2CCOCC2)c1. The third-order valence-corrected chi connectivity index (χ3v) is 4.00. The summed E-state index contributed by atoms with van der Waals surface area (Å²) in [5.41, 5.74) is 3.71. The van der Waals surface area contributed by atoms with Gasteiger partial charge in [-0.3, -0.25) is 4.90 Å². The minimum Gasteiger partial charge on any atom is -0.379 e. The van der Waals surface area contributed by atoms with Gasteiger partial charge in [0.2, 0.25) is 0 Å². The predicted octanol–water partition coefficient (Wildman–Crippen LogP) is 3.32. The van der Waals surface area contributed by atoms with Crippen molar-refractivity contribution in [1.82, 2.24) is 4.90 Å². The van der Waals surface area contributed by atoms with Crippen LogP contribution in [0.1, 0.15) is 5.56 Å². The summed E-state index contributed by atoms with van der Waals surface area (Å²) in [6, 6.07) is 10.6. The van der Waals surface area contributed by atoms with Gasteiger partial charge >= 0.3 is 0 Å². The van der Waals surface area contributed by atoms with E-state index in [2.05, 4.69) is 51.3 Å². The largest absolute Gasteiger partial charge is 0.379 e. The van der Waals surface area contributed by atoms with Crippen molar-refractivity contribution in [3.63, 3.8) is 0 Å². The highest BCUT2D eigenvalue weighted by atomic mass is 32.1. The Hall–Kier alpha value is -1.36. The summed E-state index contributed by atoms with van der Waals surface area (Å²) in [6.07, 6.45) is 0. The number of morpholine rings is 1. The number of hydrogen-bond acceptors (Lipinski definition) is 4. The van der Waals surface area contributed by atoms with Crippen molar-refractivity contribution < 1.29 is 4.74 Å². The molecule has 0 unspecified atom stereocenters. The van der Waals surface area contributed by atoms with Gasteiger partial charge in [-0.25, -0.2) is 0 Å². The molecule has 1 fully saturated rings. The molecule has 4 heteroatoms. The number of nitrogens with zero attached hydrogens (tertiary/aromatic N) is 1. The first kappa shape index (κ1) is 12.7. The fourth-order valence-corrected chi connectivity index (χ4v) is 2.86. The van der Waals surface area contributed by atoms with Gasteiger partial charge in [-0.2, -0.15) is 11.3 Å². The van der Waals surface area contributed by atoms with Crippen LogP contribution in [0.25, 0.3) is 0 Å². The van der Waals surface area contributed by atoms with Crippen molar-refractivity contribution in [2.24, 2.45) is 0 Å². The fraction of sp³-hybridized carbons (Fsp3) is 0.333. The predicted molar refractivity (Wildman–Crippen MR) is 80.1 cm³/mol. The molecule has 1 aliphatic heterocycles. The topological polar surface area (TPSA) is 24.5 Å². The smallest absolute Gasteiger partial charge is 0.0594 e. The van der Waals surface area contributed by atoms with Gasteiger partial charge in [0.1, 0.15) is 0 Å². The van der Waals surface area contributed by atoms with Crippen LogP contribution in [0.4, 0.5) is 11.4 Å². The number of benzene rings is 1. The fourth-order valence-electron chi connectivity index (χ4n) is 2.27. The summed E-state index contributed by atoms with van der Waals surface area (Å²) in [6.45, 7) is 4.72. The maximum absolute atomic E-state index is 5.40. The second-order valence-electron chi connectivity index (χ2n) is 4.68. The molecule has 19 heavy (non-hydrogen) atoms. The first-order valence-electron chi connectivity index (χ1n) is 6.59. The zero-order valence-electron chi connectivity index (χ0n) is 10.8. The van der Waals surface area contributed by atoms with Crippen LogP contribution >= 0.6 is 11.3 Å². The second kappa shape index (κ2) is 6.19. The van der Waals surface area contributed by atoms with Gasteiger partial charge in [0.15, 0.2) is 0 Å². The van der Waals surface area contributed by atoms with Gasteiger partial charge in [0, 0.05) is 36.4 Å². The lowest BCUT2D eigenvalue weighted by Gasteiger charge is -2.27. The molecular formula is C15H18N2OS. The quantitative estimate of drug-likeness (QED) is 0.925. The van der Waals surface area contributed by atoms with E-state index >= 15 is 0 Å². The number of para-hydroxylation sites is 1. The van der Waals surface area contributed by atoms with E-state index in [9.17, 15) is 0 Å². The molecule has 100 valence electrons. The Bertz CT molecular complexity index is 507. The lowest BCUT2D eigenvalue weighted by atomic mass is 10.1. The highest BCUT2D eigenvalue weighted by molar-refractivity contribution is 7.08. The molecule has 1 aliphatic rings. The molecule has 3 rings (SSSR count). The minimum absolute atomic E-state index is 0.847. The second-order valence-corrected chi connectivity index (χ2v) is 5.46. The Balaban J connectivity index is 1.73. The van der Waals surface area contributed by atoms with Crippen LogP contribution < -0.4 is 5.32 Å². The molecule has 0 aliphatic carbocycles. The average Bonchev–Trinajstić information content (AvgIpc) is 2.95. The number of thiophene rings is 1. The number of nitrogens with one attached hydrogen (secondary N) is 1. The number of anilines is 2. The van der Waals surface area contributed by atoms with Crippen LogP contribution in [-0.4, -0.2) is 31.2 Å². The summed E-state index contributed by atoms with van der Waals surface area (Å²) >= 11 is 1.71. The molecule has 3 nitrogen and oxygen atoms in total. The van der Waals surface area contributed by atoms with Gasteiger partial charge in [-0.1, -0.05) is 18.2 Å². The molecule has 1 aromatic heterocycles.